The number of hydrogen-bond acceptors (Lipinski definition) is 4. The molecule has 7 nitrogen and oxygen atoms in total. The summed E-state index contributed by atoms with van der Waals surface area (Å²) in [6.45, 7) is 7.17. The third-order valence-corrected chi connectivity index (χ3v) is 6.44. The molecule has 1 unspecified atom stereocenters. The van der Waals surface area contributed by atoms with Crippen LogP contribution in [0.4, 0.5) is 0 Å². The van der Waals surface area contributed by atoms with Crippen LogP contribution < -0.4 is 4.74 Å². The van der Waals surface area contributed by atoms with Crippen molar-refractivity contribution >= 4 is 17.7 Å². The van der Waals surface area contributed by atoms with Gasteiger partial charge in [-0.05, 0) is 42.7 Å². The number of hydrogen-bond donors (Lipinski definition) is 0. The molecule has 0 saturated carbocycles. The fourth-order valence-electron chi connectivity index (χ4n) is 4.20. The summed E-state index contributed by atoms with van der Waals surface area (Å²) in [6.07, 6.45) is 2.79. The molecule has 0 bridgehead atoms. The van der Waals surface area contributed by atoms with Crippen molar-refractivity contribution in [2.75, 3.05) is 13.1 Å². The van der Waals surface area contributed by atoms with E-state index >= 15 is 0 Å². The van der Waals surface area contributed by atoms with E-state index in [4.69, 9.17) is 4.74 Å². The number of fused-ring (bicyclic) bond motifs is 1. The first kappa shape index (κ1) is 23.5. The molecular formula is C27H31N3O4. The van der Waals surface area contributed by atoms with Gasteiger partial charge in [0.2, 0.25) is 11.8 Å². The summed E-state index contributed by atoms with van der Waals surface area (Å²) in [5.41, 5.74) is 1.57. The smallest absolute Gasteiger partial charge is 0.259 e. The molecule has 0 N–H and O–H groups in total. The average Bonchev–Trinajstić information content (AvgIpc) is 2.86. The van der Waals surface area contributed by atoms with Gasteiger partial charge in [0.1, 0.15) is 24.2 Å². The molecule has 2 aliphatic rings. The molecule has 34 heavy (non-hydrogen) atoms. The van der Waals surface area contributed by atoms with Crippen molar-refractivity contribution in [2.45, 2.75) is 46.3 Å². The van der Waals surface area contributed by atoms with Gasteiger partial charge in [-0.15, -0.1) is 0 Å². The number of nitrogens with zero attached hydrogens (tertiary/aromatic N) is 3. The van der Waals surface area contributed by atoms with Crippen molar-refractivity contribution < 1.29 is 19.1 Å². The Kier molecular flexibility index (Phi) is 7.01. The Bertz CT molecular complexity index is 1080. The summed E-state index contributed by atoms with van der Waals surface area (Å²) in [5, 5.41) is 0. The van der Waals surface area contributed by atoms with Crippen LogP contribution in [0.25, 0.3) is 0 Å². The number of benzene rings is 2. The average molecular weight is 462 g/mol. The number of amides is 3. The Morgan fingerprint density at radius 1 is 1.09 bits per heavy atom. The van der Waals surface area contributed by atoms with E-state index < -0.39 is 6.04 Å². The van der Waals surface area contributed by atoms with E-state index in [1.54, 1.807) is 47.2 Å². The predicted octanol–water partition coefficient (Wildman–Crippen LogP) is 4.02. The molecule has 2 atom stereocenters. The third kappa shape index (κ3) is 4.83. The quantitative estimate of drug-likeness (QED) is 0.625. The lowest BCUT2D eigenvalue weighted by molar-refractivity contribution is -0.147. The minimum absolute atomic E-state index is 0.119. The molecule has 4 rings (SSSR count). The maximum absolute atomic E-state index is 13.4. The minimum Gasteiger partial charge on any atom is -0.489 e. The highest BCUT2D eigenvalue weighted by Crippen LogP contribution is 2.29. The van der Waals surface area contributed by atoms with Gasteiger partial charge < -0.3 is 9.64 Å². The van der Waals surface area contributed by atoms with Gasteiger partial charge in [-0.2, -0.15) is 0 Å². The lowest BCUT2D eigenvalue weighted by Gasteiger charge is -2.45. The maximum atomic E-state index is 13.4. The second kappa shape index (κ2) is 10.1. The summed E-state index contributed by atoms with van der Waals surface area (Å²) < 4.78 is 5.83. The largest absolute Gasteiger partial charge is 0.489 e. The van der Waals surface area contributed by atoms with Crippen molar-refractivity contribution in [1.29, 1.82) is 0 Å². The molecule has 0 aliphatic carbocycles. The zero-order valence-electron chi connectivity index (χ0n) is 19.9. The highest BCUT2D eigenvalue weighted by molar-refractivity contribution is 5.98. The lowest BCUT2D eigenvalue weighted by Crippen LogP contribution is -2.59. The third-order valence-electron chi connectivity index (χ3n) is 6.44. The van der Waals surface area contributed by atoms with Crippen LogP contribution in [-0.4, -0.2) is 51.6 Å². The van der Waals surface area contributed by atoms with E-state index in [1.807, 2.05) is 30.3 Å². The molecule has 0 spiro atoms. The normalized spacial score (nSPS) is 19.0. The van der Waals surface area contributed by atoms with E-state index in [1.165, 1.54) is 4.90 Å². The molecular weight excluding hydrogens is 430 g/mol. The number of rotatable bonds is 7. The minimum atomic E-state index is -0.638. The van der Waals surface area contributed by atoms with Crippen LogP contribution in [0.1, 0.15) is 49.5 Å². The van der Waals surface area contributed by atoms with Crippen molar-refractivity contribution in [2.24, 2.45) is 5.92 Å². The molecule has 1 fully saturated rings. The van der Waals surface area contributed by atoms with Gasteiger partial charge in [0.15, 0.2) is 0 Å². The van der Waals surface area contributed by atoms with Crippen LogP contribution in [0.3, 0.4) is 0 Å². The Morgan fingerprint density at radius 3 is 2.47 bits per heavy atom. The molecule has 0 aromatic heterocycles. The van der Waals surface area contributed by atoms with Gasteiger partial charge in [-0.25, -0.2) is 0 Å². The molecule has 0 radical (unpaired) electrons. The molecule has 178 valence electrons. The van der Waals surface area contributed by atoms with Gasteiger partial charge in [-0.3, -0.25) is 24.2 Å². The van der Waals surface area contributed by atoms with Crippen LogP contribution in [0.2, 0.25) is 0 Å². The number of carbonyl (C=O) groups is 3. The molecule has 2 aromatic rings. The Labute approximate surface area is 200 Å². The van der Waals surface area contributed by atoms with E-state index in [-0.39, 0.29) is 30.7 Å². The molecule has 2 heterocycles. The van der Waals surface area contributed by atoms with Crippen LogP contribution in [0, 0.1) is 5.92 Å². The highest BCUT2D eigenvalue weighted by Gasteiger charge is 2.42. The molecule has 2 aliphatic heterocycles. The van der Waals surface area contributed by atoms with Gasteiger partial charge in [0, 0.05) is 31.3 Å². The van der Waals surface area contributed by atoms with E-state index in [0.29, 0.717) is 36.2 Å². The lowest BCUT2D eigenvalue weighted by atomic mass is 10.1. The maximum Gasteiger partial charge on any atom is 0.259 e. The summed E-state index contributed by atoms with van der Waals surface area (Å²) in [4.78, 5) is 43.7. The first-order chi connectivity index (χ1) is 16.4. The second-order valence-electron chi connectivity index (χ2n) is 8.94. The van der Waals surface area contributed by atoms with Crippen molar-refractivity contribution in [3.8, 4) is 5.75 Å². The number of carbonyl (C=O) groups excluding carboxylic acids is 3. The zero-order valence-corrected chi connectivity index (χ0v) is 19.9. The first-order valence-electron chi connectivity index (χ1n) is 11.8. The summed E-state index contributed by atoms with van der Waals surface area (Å²) in [5.74, 6) is 0.998. The standard InChI is InChI=1S/C27H31N3O4/c1-4-19(2)16-28-17-24-29(15-14-25(31)30(24)20(3)26(28)32)27(33)22-10-12-23(13-11-22)34-18-21-8-6-5-7-9-21/h5-13,17,19-20H,4,14-16,18H2,1-3H3/t19?,20-/m0/s1. The van der Waals surface area contributed by atoms with Crippen molar-refractivity contribution in [3.05, 3.63) is 77.7 Å². The Morgan fingerprint density at radius 2 is 1.79 bits per heavy atom. The molecule has 3 amide bonds. The molecule has 7 heteroatoms. The molecule has 1 saturated heterocycles. The van der Waals surface area contributed by atoms with E-state index in [9.17, 15) is 14.4 Å². The van der Waals surface area contributed by atoms with Gasteiger partial charge >= 0.3 is 0 Å². The van der Waals surface area contributed by atoms with Gasteiger partial charge in [-0.1, -0.05) is 50.6 Å². The zero-order chi connectivity index (χ0) is 24.2. The predicted molar refractivity (Wildman–Crippen MR) is 128 cm³/mol. The Hall–Kier alpha value is -3.61. The highest BCUT2D eigenvalue weighted by atomic mass is 16.5. The fraction of sp³-hybridized carbons (Fsp3) is 0.370. The molecule has 2 aromatic carbocycles. The van der Waals surface area contributed by atoms with E-state index in [2.05, 4.69) is 13.8 Å². The first-order valence-corrected chi connectivity index (χ1v) is 11.8. The SMILES string of the molecule is CCC(C)CN1C=C2N(C(=O)c3ccc(OCc4ccccc4)cc3)CCC(=O)N2[C@@H](C)C1=O. The van der Waals surface area contributed by atoms with Crippen LogP contribution in [-0.2, 0) is 16.2 Å². The van der Waals surface area contributed by atoms with E-state index in [0.717, 1.165) is 12.0 Å². The van der Waals surface area contributed by atoms with Crippen molar-refractivity contribution in [3.63, 3.8) is 0 Å². The summed E-state index contributed by atoms with van der Waals surface area (Å²) in [6, 6.07) is 16.3. The summed E-state index contributed by atoms with van der Waals surface area (Å²) in [7, 11) is 0. The van der Waals surface area contributed by atoms with Gasteiger partial charge in [0.25, 0.3) is 5.91 Å². The van der Waals surface area contributed by atoms with Crippen LogP contribution in [0.15, 0.2) is 66.6 Å². The summed E-state index contributed by atoms with van der Waals surface area (Å²) >= 11 is 0. The van der Waals surface area contributed by atoms with Crippen LogP contribution in [0.5, 0.6) is 5.75 Å². The Balaban J connectivity index is 1.53. The second-order valence-corrected chi connectivity index (χ2v) is 8.94. The van der Waals surface area contributed by atoms with Gasteiger partial charge in [0.05, 0.1) is 0 Å². The monoisotopic (exact) mass is 461 g/mol. The fourth-order valence-corrected chi connectivity index (χ4v) is 4.20. The topological polar surface area (TPSA) is 70.2 Å². The van der Waals surface area contributed by atoms with Crippen LogP contribution >= 0.6 is 0 Å². The number of ether oxygens (including phenoxy) is 1. The van der Waals surface area contributed by atoms with Crippen molar-refractivity contribution in [1.82, 2.24) is 14.7 Å².